The largest absolute Gasteiger partial charge is 0.376 e. The molecule has 0 radical (unpaired) electrons. The molecule has 0 saturated carbocycles. The zero-order valence-electron chi connectivity index (χ0n) is 17.3. The van der Waals surface area contributed by atoms with Crippen molar-refractivity contribution in [3.63, 3.8) is 0 Å². The molecule has 1 fully saturated rings. The van der Waals surface area contributed by atoms with Gasteiger partial charge in [0.1, 0.15) is 5.82 Å². The molecule has 0 aromatic heterocycles. The molecular weight excluding hydrogens is 423 g/mol. The molecule has 164 valence electrons. The quantitative estimate of drug-likeness (QED) is 0.476. The molecule has 0 spiro atoms. The normalized spacial score (nSPS) is 16.1. The van der Waals surface area contributed by atoms with Gasteiger partial charge in [-0.2, -0.15) is 0 Å². The van der Waals surface area contributed by atoms with Crippen molar-refractivity contribution in [1.82, 2.24) is 5.32 Å². The third-order valence-electron chi connectivity index (χ3n) is 4.70. The van der Waals surface area contributed by atoms with Gasteiger partial charge in [0.25, 0.3) is 5.91 Å². The molecule has 0 aliphatic carbocycles. The first-order chi connectivity index (χ1) is 14.8. The minimum absolute atomic E-state index is 0.0174. The van der Waals surface area contributed by atoms with E-state index in [1.54, 1.807) is 18.2 Å². The van der Waals surface area contributed by atoms with Crippen LogP contribution in [0.15, 0.2) is 41.4 Å². The van der Waals surface area contributed by atoms with Crippen LogP contribution in [0.5, 0.6) is 0 Å². The number of hydrogen-bond acceptors (Lipinski definition) is 4. The first-order valence-corrected chi connectivity index (χ1v) is 10.3. The summed E-state index contributed by atoms with van der Waals surface area (Å²) < 4.78 is 19.1. The highest BCUT2D eigenvalue weighted by Gasteiger charge is 2.17. The van der Waals surface area contributed by atoms with Crippen LogP contribution in [0.4, 0.5) is 15.8 Å². The van der Waals surface area contributed by atoms with E-state index in [4.69, 9.17) is 16.3 Å². The minimum Gasteiger partial charge on any atom is -0.376 e. The van der Waals surface area contributed by atoms with Gasteiger partial charge in [0, 0.05) is 30.5 Å². The molecule has 3 N–H and O–H groups in total. The van der Waals surface area contributed by atoms with E-state index in [0.717, 1.165) is 18.4 Å². The van der Waals surface area contributed by atoms with Crippen LogP contribution in [-0.2, 0) is 9.53 Å². The first kappa shape index (κ1) is 22.7. The third-order valence-corrected chi connectivity index (χ3v) is 4.99. The van der Waals surface area contributed by atoms with E-state index in [9.17, 15) is 14.0 Å². The average Bonchev–Trinajstić information content (AvgIpc) is 3.24. The molecule has 3 rings (SSSR count). The van der Waals surface area contributed by atoms with E-state index in [1.807, 2.05) is 6.92 Å². The molecule has 1 unspecified atom stereocenters. The zero-order chi connectivity index (χ0) is 22.4. The van der Waals surface area contributed by atoms with Crippen LogP contribution in [0.3, 0.4) is 0 Å². The number of amides is 2. The monoisotopic (exact) mass is 446 g/mol. The summed E-state index contributed by atoms with van der Waals surface area (Å²) in [5.41, 5.74) is 2.20. The predicted molar refractivity (Wildman–Crippen MR) is 119 cm³/mol. The number of anilines is 2. The van der Waals surface area contributed by atoms with Crippen molar-refractivity contribution in [3.8, 4) is 0 Å². The number of guanidine groups is 1. The molecule has 7 nitrogen and oxygen atoms in total. The topological polar surface area (TPSA) is 91.8 Å². The molecule has 1 atom stereocenters. The van der Waals surface area contributed by atoms with Crippen molar-refractivity contribution >= 4 is 40.7 Å². The van der Waals surface area contributed by atoms with Gasteiger partial charge in [-0.15, -0.1) is 0 Å². The number of halogens is 2. The number of hydrogen-bond donors (Lipinski definition) is 3. The summed E-state index contributed by atoms with van der Waals surface area (Å²) in [6.45, 7) is 4.29. The zero-order valence-corrected chi connectivity index (χ0v) is 18.1. The van der Waals surface area contributed by atoms with Crippen LogP contribution in [0.25, 0.3) is 0 Å². The fourth-order valence-electron chi connectivity index (χ4n) is 3.07. The maximum Gasteiger partial charge on any atom is 0.258 e. The van der Waals surface area contributed by atoms with Gasteiger partial charge in [-0.05, 0) is 55.7 Å². The van der Waals surface area contributed by atoms with Gasteiger partial charge in [0.2, 0.25) is 11.9 Å². The Balaban J connectivity index is 1.79. The van der Waals surface area contributed by atoms with Gasteiger partial charge < -0.3 is 15.4 Å². The van der Waals surface area contributed by atoms with E-state index in [-0.39, 0.29) is 23.0 Å². The van der Waals surface area contributed by atoms with Crippen molar-refractivity contribution in [3.05, 3.63) is 58.4 Å². The number of carbonyl (C=O) groups excluding carboxylic acids is 2. The lowest BCUT2D eigenvalue weighted by molar-refractivity contribution is -0.114. The Morgan fingerprint density at radius 1 is 1.23 bits per heavy atom. The van der Waals surface area contributed by atoms with E-state index < -0.39 is 11.7 Å². The number of nitrogens with one attached hydrogen (secondary N) is 3. The molecule has 9 heteroatoms. The maximum atomic E-state index is 13.5. The second-order valence-electron chi connectivity index (χ2n) is 7.24. The number of rotatable bonds is 5. The number of ether oxygens (including phenoxy) is 1. The predicted octanol–water partition coefficient (Wildman–Crippen LogP) is 4.12. The maximum absolute atomic E-state index is 13.5. The van der Waals surface area contributed by atoms with Gasteiger partial charge in [-0.3, -0.25) is 14.9 Å². The van der Waals surface area contributed by atoms with Crippen molar-refractivity contribution < 1.29 is 18.7 Å². The number of carbonyl (C=O) groups is 2. The highest BCUT2D eigenvalue weighted by molar-refractivity contribution is 6.31. The Bertz CT molecular complexity index is 1010. The molecule has 2 aromatic rings. The molecule has 0 bridgehead atoms. The van der Waals surface area contributed by atoms with Crippen LogP contribution in [0.2, 0.25) is 5.02 Å². The Kier molecular flexibility index (Phi) is 7.59. The highest BCUT2D eigenvalue weighted by atomic mass is 35.5. The Hall–Kier alpha value is -2.97. The minimum atomic E-state index is -0.542. The Morgan fingerprint density at radius 3 is 2.71 bits per heavy atom. The SMILES string of the molecule is CC(=O)Nc1cc(C(=O)NC(=NCC2CCCO2)Nc2ccc(F)c(Cl)c2)ccc1C. The summed E-state index contributed by atoms with van der Waals surface area (Å²) in [5.74, 6) is -1.00. The Labute approximate surface area is 185 Å². The highest BCUT2D eigenvalue weighted by Crippen LogP contribution is 2.20. The fourth-order valence-corrected chi connectivity index (χ4v) is 3.25. The van der Waals surface area contributed by atoms with Crippen LogP contribution in [0.1, 0.15) is 35.7 Å². The van der Waals surface area contributed by atoms with Crippen molar-refractivity contribution in [1.29, 1.82) is 0 Å². The molecule has 1 saturated heterocycles. The van der Waals surface area contributed by atoms with Crippen LogP contribution < -0.4 is 16.0 Å². The molecular formula is C22H24ClFN4O3. The first-order valence-electron chi connectivity index (χ1n) is 9.89. The van der Waals surface area contributed by atoms with Crippen LogP contribution >= 0.6 is 11.6 Å². The van der Waals surface area contributed by atoms with Gasteiger partial charge in [0.15, 0.2) is 0 Å². The number of nitrogens with zero attached hydrogens (tertiary/aromatic N) is 1. The average molecular weight is 447 g/mol. The van der Waals surface area contributed by atoms with E-state index >= 15 is 0 Å². The van der Waals surface area contributed by atoms with Gasteiger partial charge in [-0.25, -0.2) is 9.38 Å². The standard InChI is InChI=1S/C22H24ClFN4O3/c1-13-5-6-15(10-20(13)26-14(2)29)21(30)28-22(25-12-17-4-3-9-31-17)27-16-7-8-19(24)18(23)11-16/h5-8,10-11,17H,3-4,9,12H2,1-2H3,(H,26,29)(H2,25,27,28,30). The lowest BCUT2D eigenvalue weighted by Gasteiger charge is -2.14. The van der Waals surface area contributed by atoms with Gasteiger partial charge in [0.05, 0.1) is 17.7 Å². The summed E-state index contributed by atoms with van der Waals surface area (Å²) in [4.78, 5) is 28.7. The summed E-state index contributed by atoms with van der Waals surface area (Å²) >= 11 is 5.86. The number of aryl methyl sites for hydroxylation is 1. The van der Waals surface area contributed by atoms with E-state index in [0.29, 0.717) is 30.1 Å². The smallest absolute Gasteiger partial charge is 0.258 e. The second-order valence-corrected chi connectivity index (χ2v) is 7.65. The van der Waals surface area contributed by atoms with Crippen molar-refractivity contribution in [2.24, 2.45) is 4.99 Å². The fraction of sp³-hybridized carbons (Fsp3) is 0.318. The van der Waals surface area contributed by atoms with Gasteiger partial charge >= 0.3 is 0 Å². The molecule has 2 aromatic carbocycles. The number of aliphatic imine (C=N–C) groups is 1. The molecule has 31 heavy (non-hydrogen) atoms. The molecule has 1 aliphatic heterocycles. The summed E-state index contributed by atoms with van der Waals surface area (Å²) in [6.07, 6.45) is 1.85. The van der Waals surface area contributed by atoms with Gasteiger partial charge in [-0.1, -0.05) is 17.7 Å². The van der Waals surface area contributed by atoms with Crippen LogP contribution in [-0.4, -0.2) is 37.0 Å². The lowest BCUT2D eigenvalue weighted by atomic mass is 10.1. The summed E-state index contributed by atoms with van der Waals surface area (Å²) in [5, 5.41) is 8.36. The van der Waals surface area contributed by atoms with E-state index in [2.05, 4.69) is 20.9 Å². The third kappa shape index (κ3) is 6.50. The van der Waals surface area contributed by atoms with Crippen LogP contribution in [0, 0.1) is 12.7 Å². The summed E-state index contributed by atoms with van der Waals surface area (Å²) in [7, 11) is 0. The molecule has 2 amide bonds. The van der Waals surface area contributed by atoms with Crippen molar-refractivity contribution in [2.75, 3.05) is 23.8 Å². The molecule has 1 heterocycles. The second kappa shape index (κ2) is 10.4. The van der Waals surface area contributed by atoms with E-state index in [1.165, 1.54) is 25.1 Å². The molecule has 1 aliphatic rings. The lowest BCUT2D eigenvalue weighted by Crippen LogP contribution is -2.36. The Morgan fingerprint density at radius 2 is 2.03 bits per heavy atom. The van der Waals surface area contributed by atoms with Crippen molar-refractivity contribution in [2.45, 2.75) is 32.8 Å². The summed E-state index contributed by atoms with van der Waals surface area (Å²) in [6, 6.07) is 9.13. The number of benzene rings is 2.